The van der Waals surface area contributed by atoms with Crippen molar-refractivity contribution in [2.45, 2.75) is 70.1 Å². The summed E-state index contributed by atoms with van der Waals surface area (Å²) in [5.41, 5.74) is 0.112. The van der Waals surface area contributed by atoms with Crippen LogP contribution in [0.1, 0.15) is 56.4 Å². The molecule has 2 saturated heterocycles. The van der Waals surface area contributed by atoms with Crippen LogP contribution >= 0.6 is 11.3 Å². The number of morpholine rings is 1. The van der Waals surface area contributed by atoms with Gasteiger partial charge < -0.3 is 34.5 Å². The normalized spacial score (nSPS) is 17.8. The lowest BCUT2D eigenvalue weighted by Gasteiger charge is -2.47. The number of nitrogens with zero attached hydrogens (tertiary/aromatic N) is 3. The molecule has 5 rings (SSSR count). The van der Waals surface area contributed by atoms with E-state index in [4.69, 9.17) is 9.47 Å². The molecule has 0 bridgehead atoms. The summed E-state index contributed by atoms with van der Waals surface area (Å²) in [5, 5.41) is 21.3. The fourth-order valence-corrected chi connectivity index (χ4v) is 7.20. The van der Waals surface area contributed by atoms with Crippen molar-refractivity contribution in [2.24, 2.45) is 0 Å². The lowest BCUT2D eigenvalue weighted by atomic mass is 9.89. The lowest BCUT2D eigenvalue weighted by molar-refractivity contribution is -0.200. The zero-order chi connectivity index (χ0) is 35.7. The van der Waals surface area contributed by atoms with Gasteiger partial charge in [0.05, 0.1) is 36.1 Å². The third kappa shape index (κ3) is 9.09. The predicted molar refractivity (Wildman–Crippen MR) is 173 cm³/mol. The van der Waals surface area contributed by atoms with Crippen LogP contribution in [-0.2, 0) is 27.2 Å². The van der Waals surface area contributed by atoms with E-state index in [1.165, 1.54) is 29.2 Å². The number of carbonyl (C=O) groups is 2. The van der Waals surface area contributed by atoms with Crippen molar-refractivity contribution >= 4 is 33.6 Å². The lowest BCUT2D eigenvalue weighted by Crippen LogP contribution is -2.59. The predicted octanol–water partition coefficient (Wildman–Crippen LogP) is 4.70. The van der Waals surface area contributed by atoms with Gasteiger partial charge >= 0.3 is 23.0 Å². The minimum Gasteiger partial charge on any atom is -0.506 e. The van der Waals surface area contributed by atoms with Crippen LogP contribution < -0.4 is 4.87 Å². The largest absolute Gasteiger partial charge is 0.506 e. The number of amides is 2. The Morgan fingerprint density at radius 1 is 1.12 bits per heavy atom. The third-order valence-corrected chi connectivity index (χ3v) is 9.56. The van der Waals surface area contributed by atoms with Crippen molar-refractivity contribution in [2.75, 3.05) is 45.9 Å². The molecule has 0 unspecified atom stereocenters. The monoisotopic (exact) mass is 712 g/mol. The number of ether oxygens (including phenoxy) is 2. The number of piperidine rings is 1. The van der Waals surface area contributed by atoms with Crippen LogP contribution in [-0.4, -0.2) is 105 Å². The second-order valence-electron chi connectivity index (χ2n) is 13.6. The number of aromatic amines is 1. The van der Waals surface area contributed by atoms with Crippen molar-refractivity contribution in [3.05, 3.63) is 62.5 Å². The van der Waals surface area contributed by atoms with Crippen molar-refractivity contribution in [1.82, 2.24) is 19.7 Å². The van der Waals surface area contributed by atoms with Crippen molar-refractivity contribution in [1.29, 1.82) is 0 Å². The Balaban J connectivity index is 1.24. The number of likely N-dealkylation sites (tertiary alicyclic amines) is 1. The van der Waals surface area contributed by atoms with E-state index in [9.17, 15) is 42.2 Å². The number of H-pyrrole nitrogens is 1. The quantitative estimate of drug-likeness (QED) is 0.286. The Bertz CT molecular complexity index is 1730. The number of fused-ring (bicyclic) bond motifs is 1. The summed E-state index contributed by atoms with van der Waals surface area (Å²) in [4.78, 5) is 43.3. The van der Waals surface area contributed by atoms with E-state index in [-0.39, 0.29) is 50.5 Å². The Hall–Kier alpha value is -3.73. The molecular weight excluding hydrogens is 672 g/mol. The molecule has 11 nitrogen and oxygen atoms in total. The number of aliphatic hydroxyl groups excluding tert-OH is 1. The average molecular weight is 713 g/mol. The summed E-state index contributed by atoms with van der Waals surface area (Å²) in [5.74, 6) is -2.48. The molecule has 2 fully saturated rings. The number of hydrogen-bond donors (Lipinski definition) is 3. The highest BCUT2D eigenvalue weighted by molar-refractivity contribution is 7.16. The van der Waals surface area contributed by atoms with Crippen molar-refractivity contribution in [3.63, 3.8) is 0 Å². The topological polar surface area (TPSA) is 136 Å². The molecule has 0 radical (unpaired) electrons. The van der Waals surface area contributed by atoms with Gasteiger partial charge in [0.25, 0.3) is 0 Å². The molecule has 49 heavy (non-hydrogen) atoms. The summed E-state index contributed by atoms with van der Waals surface area (Å²) in [6.07, 6.45) is -5.82. The molecule has 3 aromatic rings. The van der Waals surface area contributed by atoms with Crippen LogP contribution in [0, 0.1) is 5.82 Å². The van der Waals surface area contributed by atoms with Gasteiger partial charge in [-0.25, -0.2) is 9.18 Å². The summed E-state index contributed by atoms with van der Waals surface area (Å²) < 4.78 is 65.8. The zero-order valence-corrected chi connectivity index (χ0v) is 28.3. The van der Waals surface area contributed by atoms with Gasteiger partial charge in [-0.15, -0.1) is 0 Å². The SMILES string of the molecule is CC(C)(C)OC(=O)N(CCc1cc(F)cc(CN2CCC3(CC2)CN(C(=O)C(F)(F)F)CCO3)c1)C[C@H](O)c1ccc(O)c2[nH]c(=O)sc12. The smallest absolute Gasteiger partial charge is 0.471 e. The van der Waals surface area contributed by atoms with Crippen LogP contribution in [0.25, 0.3) is 10.2 Å². The number of alkyl halides is 3. The van der Waals surface area contributed by atoms with E-state index in [2.05, 4.69) is 9.88 Å². The number of nitrogens with one attached hydrogen (secondary N) is 1. The standard InChI is InChI=1S/C33H40F4N4O7S/c1-31(2,3)48-30(46)40(18-25(43)23-4-5-24(42)26-27(23)49-29(45)38-26)9-6-20-14-21(16-22(34)15-20)17-39-10-7-32(8-11-39)19-41(12-13-47-32)28(44)33(35,36)37/h4-5,14-16,25,42-43H,6-13,17-19H2,1-3H3,(H,38,45)/t25-/m0/s1. The number of aromatic hydroxyl groups is 1. The van der Waals surface area contributed by atoms with E-state index in [0.29, 0.717) is 53.9 Å². The van der Waals surface area contributed by atoms with Gasteiger partial charge in [-0.2, -0.15) is 13.2 Å². The molecule has 3 heterocycles. The number of thiazole rings is 1. The number of phenolic OH excluding ortho intramolecular Hbond substituents is 1. The zero-order valence-electron chi connectivity index (χ0n) is 27.4. The second kappa shape index (κ2) is 14.2. The number of halogens is 4. The molecule has 2 aromatic carbocycles. The van der Waals surface area contributed by atoms with Crippen LogP contribution in [0.3, 0.4) is 0 Å². The van der Waals surface area contributed by atoms with E-state index in [1.54, 1.807) is 20.8 Å². The molecule has 2 aliphatic heterocycles. The molecule has 1 aromatic heterocycles. The molecule has 0 saturated carbocycles. The number of carbonyl (C=O) groups excluding carboxylic acids is 2. The first-order valence-corrected chi connectivity index (χ1v) is 16.7. The maximum atomic E-state index is 14.8. The van der Waals surface area contributed by atoms with Crippen LogP contribution in [0.2, 0.25) is 0 Å². The first-order valence-electron chi connectivity index (χ1n) is 15.9. The highest BCUT2D eigenvalue weighted by Crippen LogP contribution is 2.34. The van der Waals surface area contributed by atoms with Crippen molar-refractivity contribution < 1.29 is 46.8 Å². The highest BCUT2D eigenvalue weighted by atomic mass is 32.1. The van der Waals surface area contributed by atoms with E-state index in [0.717, 1.165) is 16.2 Å². The summed E-state index contributed by atoms with van der Waals surface area (Å²) in [7, 11) is 0. The third-order valence-electron chi connectivity index (χ3n) is 8.63. The highest BCUT2D eigenvalue weighted by Gasteiger charge is 2.48. The number of rotatable bonds is 8. The summed E-state index contributed by atoms with van der Waals surface area (Å²) >= 11 is 0.828. The molecule has 0 aliphatic carbocycles. The molecular formula is C33H40F4N4O7S. The number of benzene rings is 2. The first-order chi connectivity index (χ1) is 22.9. The number of phenols is 1. The molecule has 268 valence electrons. The van der Waals surface area contributed by atoms with Gasteiger partial charge in [0.1, 0.15) is 22.7 Å². The molecule has 1 spiro atoms. The number of hydrogen-bond acceptors (Lipinski definition) is 9. The molecule has 16 heteroatoms. The Morgan fingerprint density at radius 3 is 2.49 bits per heavy atom. The van der Waals surface area contributed by atoms with Crippen LogP contribution in [0.15, 0.2) is 35.1 Å². The van der Waals surface area contributed by atoms with Gasteiger partial charge in [-0.05, 0) is 69.4 Å². The fraction of sp³-hybridized carbons (Fsp3) is 0.545. The van der Waals surface area contributed by atoms with E-state index < -0.39 is 46.2 Å². The Labute approximate surface area is 284 Å². The van der Waals surface area contributed by atoms with Gasteiger partial charge in [0.15, 0.2) is 0 Å². The molecule has 3 N–H and O–H groups in total. The number of aliphatic hydroxyl groups is 1. The first kappa shape index (κ1) is 36.5. The molecule has 1 atom stereocenters. The van der Waals surface area contributed by atoms with Crippen molar-refractivity contribution in [3.8, 4) is 5.75 Å². The Morgan fingerprint density at radius 2 is 1.82 bits per heavy atom. The average Bonchev–Trinajstić information content (AvgIpc) is 3.41. The van der Waals surface area contributed by atoms with E-state index in [1.807, 2.05) is 6.07 Å². The van der Waals surface area contributed by atoms with Crippen LogP contribution in [0.5, 0.6) is 5.75 Å². The van der Waals surface area contributed by atoms with E-state index >= 15 is 0 Å². The molecule has 2 aliphatic rings. The van der Waals surface area contributed by atoms with Gasteiger partial charge in [0.2, 0.25) is 0 Å². The summed E-state index contributed by atoms with van der Waals surface area (Å²) in [6, 6.07) is 7.42. The minimum atomic E-state index is -4.94. The Kier molecular flexibility index (Phi) is 10.6. The fourth-order valence-electron chi connectivity index (χ4n) is 6.29. The maximum Gasteiger partial charge on any atom is 0.471 e. The van der Waals surface area contributed by atoms with Gasteiger partial charge in [0, 0.05) is 38.3 Å². The number of aromatic nitrogens is 1. The van der Waals surface area contributed by atoms with Gasteiger partial charge in [-0.3, -0.25) is 14.5 Å². The van der Waals surface area contributed by atoms with Gasteiger partial charge in [-0.1, -0.05) is 23.5 Å². The summed E-state index contributed by atoms with van der Waals surface area (Å²) in [6.45, 7) is 6.10. The second-order valence-corrected chi connectivity index (χ2v) is 14.6. The van der Waals surface area contributed by atoms with Crippen LogP contribution in [0.4, 0.5) is 22.4 Å². The minimum absolute atomic E-state index is 0.0272. The maximum absolute atomic E-state index is 14.8. The molecule has 2 amide bonds.